The molecule has 13 heteroatoms. The Kier molecular flexibility index (Phi) is 7.76. The van der Waals surface area contributed by atoms with Crippen molar-refractivity contribution in [2.24, 2.45) is 14.1 Å². The Labute approximate surface area is 244 Å². The van der Waals surface area contributed by atoms with Crippen LogP contribution in [-0.4, -0.2) is 41.6 Å². The molecule has 0 saturated heterocycles. The topological polar surface area (TPSA) is 138 Å². The molecule has 11 nitrogen and oxygen atoms in total. The Morgan fingerprint density at radius 3 is 2.67 bits per heavy atom. The second kappa shape index (κ2) is 11.6. The summed E-state index contributed by atoms with van der Waals surface area (Å²) in [6, 6.07) is 7.15. The highest BCUT2D eigenvalue weighted by molar-refractivity contribution is 6.03. The Morgan fingerprint density at radius 1 is 1.19 bits per heavy atom. The number of nitrogens with zero attached hydrogens (tertiary/aromatic N) is 6. The van der Waals surface area contributed by atoms with Crippen molar-refractivity contribution < 1.29 is 13.6 Å². The van der Waals surface area contributed by atoms with Gasteiger partial charge in [0.1, 0.15) is 17.2 Å². The van der Waals surface area contributed by atoms with E-state index in [1.54, 1.807) is 62.4 Å². The summed E-state index contributed by atoms with van der Waals surface area (Å²) in [6.07, 6.45) is 4.93. The molecule has 3 aromatic heterocycles. The summed E-state index contributed by atoms with van der Waals surface area (Å²) in [5.41, 5.74) is 6.87. The molecule has 1 unspecified atom stereocenters. The van der Waals surface area contributed by atoms with Gasteiger partial charge in [-0.05, 0) is 31.2 Å². The molecular weight excluding hydrogens is 556 g/mol. The van der Waals surface area contributed by atoms with Gasteiger partial charge in [-0.25, -0.2) is 13.8 Å². The fraction of sp³-hybridized carbons (Fsp3) is 0.167. The zero-order valence-electron chi connectivity index (χ0n) is 23.5. The molecule has 0 aliphatic carbocycles. The Hall–Kier alpha value is -5.77. The highest BCUT2D eigenvalue weighted by Gasteiger charge is 2.26. The first kappa shape index (κ1) is 28.7. The number of carbonyl (C=O) groups is 1. The van der Waals surface area contributed by atoms with Gasteiger partial charge in [0.15, 0.2) is 17.5 Å². The van der Waals surface area contributed by atoms with Crippen molar-refractivity contribution in [1.82, 2.24) is 34.4 Å². The van der Waals surface area contributed by atoms with E-state index in [2.05, 4.69) is 39.3 Å². The van der Waals surface area contributed by atoms with E-state index in [-0.39, 0.29) is 28.3 Å². The molecular formula is C30H27F2N9O2. The number of aromatic nitrogens is 6. The quantitative estimate of drug-likeness (QED) is 0.198. The summed E-state index contributed by atoms with van der Waals surface area (Å²) in [6.45, 7) is 5.62. The number of carbonyl (C=O) groups excluding carboxylic acids is 1. The van der Waals surface area contributed by atoms with Crippen molar-refractivity contribution in [3.8, 4) is 17.5 Å². The molecule has 4 N–H and O–H groups in total. The van der Waals surface area contributed by atoms with Crippen LogP contribution in [0.1, 0.15) is 40.3 Å². The lowest BCUT2D eigenvalue weighted by molar-refractivity contribution is 0.0939. The molecule has 0 aliphatic heterocycles. The second-order valence-corrected chi connectivity index (χ2v) is 9.66. The van der Waals surface area contributed by atoms with Crippen LogP contribution in [-0.2, 0) is 14.1 Å². The van der Waals surface area contributed by atoms with E-state index in [1.165, 1.54) is 10.7 Å². The molecule has 1 amide bonds. The Balaban J connectivity index is 1.65. The van der Waals surface area contributed by atoms with Crippen molar-refractivity contribution in [3.63, 3.8) is 0 Å². The molecule has 218 valence electrons. The molecule has 3 heterocycles. The monoisotopic (exact) mass is 583 g/mol. The third kappa shape index (κ3) is 5.58. The maximum Gasteiger partial charge on any atom is 0.267 e. The molecule has 43 heavy (non-hydrogen) atoms. The SMILES string of the molecule is C=CCNc1c(C(=O)NC(C)c2nc3cccc(C#Cc4cnn(C)c4)c3c(=O)n2-c2ccc(F)c(F)c2)c(N)nn1C. The largest absolute Gasteiger partial charge is 0.381 e. The minimum Gasteiger partial charge on any atom is -0.381 e. The smallest absolute Gasteiger partial charge is 0.267 e. The predicted octanol–water partition coefficient (Wildman–Crippen LogP) is 3.20. The lowest BCUT2D eigenvalue weighted by Crippen LogP contribution is -2.34. The number of benzene rings is 2. The van der Waals surface area contributed by atoms with E-state index < -0.39 is 29.1 Å². The molecule has 5 rings (SSSR count). The number of anilines is 2. The number of nitrogens with one attached hydrogen (secondary N) is 2. The Morgan fingerprint density at radius 2 is 1.98 bits per heavy atom. The maximum absolute atomic E-state index is 14.4. The first-order chi connectivity index (χ1) is 20.6. The first-order valence-electron chi connectivity index (χ1n) is 13.1. The molecule has 0 bridgehead atoms. The van der Waals surface area contributed by atoms with E-state index in [1.807, 2.05) is 0 Å². The van der Waals surface area contributed by atoms with Crippen LogP contribution >= 0.6 is 0 Å². The van der Waals surface area contributed by atoms with Gasteiger partial charge < -0.3 is 16.4 Å². The van der Waals surface area contributed by atoms with Crippen LogP contribution in [0.25, 0.3) is 16.6 Å². The highest BCUT2D eigenvalue weighted by atomic mass is 19.2. The fourth-order valence-corrected chi connectivity index (χ4v) is 4.61. The van der Waals surface area contributed by atoms with E-state index in [0.29, 0.717) is 29.0 Å². The van der Waals surface area contributed by atoms with Crippen molar-refractivity contribution in [3.05, 3.63) is 106 Å². The van der Waals surface area contributed by atoms with Gasteiger partial charge in [0.2, 0.25) is 0 Å². The standard InChI is InChI=1S/C30H27F2N9O2/c1-5-13-34-28-25(26(33)38-40(28)4)29(42)36-17(2)27-37-23-8-6-7-19(10-9-18-15-35-39(3)16-18)24(23)30(43)41(27)20-11-12-21(31)22(32)14-20/h5-8,11-12,14-17,34H,1,13H2,2-4H3,(H2,33,38)(H,36,42). The third-order valence-corrected chi connectivity index (χ3v) is 6.58. The van der Waals surface area contributed by atoms with E-state index in [9.17, 15) is 18.4 Å². The summed E-state index contributed by atoms with van der Waals surface area (Å²) in [4.78, 5) is 32.3. The lowest BCUT2D eigenvalue weighted by Gasteiger charge is -2.20. The van der Waals surface area contributed by atoms with Gasteiger partial charge in [-0.2, -0.15) is 10.2 Å². The van der Waals surface area contributed by atoms with Gasteiger partial charge in [0.25, 0.3) is 11.5 Å². The fourth-order valence-electron chi connectivity index (χ4n) is 4.61. The van der Waals surface area contributed by atoms with Crippen molar-refractivity contribution in [2.75, 3.05) is 17.6 Å². The molecule has 5 aromatic rings. The van der Waals surface area contributed by atoms with Gasteiger partial charge in [-0.3, -0.25) is 23.5 Å². The Bertz CT molecular complexity index is 2010. The van der Waals surface area contributed by atoms with E-state index in [4.69, 9.17) is 10.7 Å². The summed E-state index contributed by atoms with van der Waals surface area (Å²) in [5, 5.41) is 14.2. The number of nitrogen functional groups attached to an aromatic ring is 1. The second-order valence-electron chi connectivity index (χ2n) is 9.66. The molecule has 0 saturated carbocycles. The number of fused-ring (bicyclic) bond motifs is 1. The normalized spacial score (nSPS) is 11.6. The van der Waals surface area contributed by atoms with Crippen LogP contribution in [0.4, 0.5) is 20.4 Å². The van der Waals surface area contributed by atoms with Crippen molar-refractivity contribution >= 4 is 28.4 Å². The lowest BCUT2D eigenvalue weighted by atomic mass is 10.1. The van der Waals surface area contributed by atoms with E-state index >= 15 is 0 Å². The molecule has 0 aliphatic rings. The molecule has 0 radical (unpaired) electrons. The number of hydrogen-bond donors (Lipinski definition) is 3. The van der Waals surface area contributed by atoms with Crippen LogP contribution in [0.2, 0.25) is 0 Å². The molecule has 1 atom stereocenters. The van der Waals surface area contributed by atoms with Crippen LogP contribution in [0.15, 0.2) is 66.2 Å². The predicted molar refractivity (Wildman–Crippen MR) is 159 cm³/mol. The van der Waals surface area contributed by atoms with Crippen LogP contribution in [0.3, 0.4) is 0 Å². The van der Waals surface area contributed by atoms with Gasteiger partial charge in [0, 0.05) is 38.5 Å². The van der Waals surface area contributed by atoms with Gasteiger partial charge in [0.05, 0.1) is 34.4 Å². The average Bonchev–Trinajstić information content (AvgIpc) is 3.52. The molecule has 0 fully saturated rings. The van der Waals surface area contributed by atoms with Gasteiger partial charge in [-0.1, -0.05) is 24.0 Å². The van der Waals surface area contributed by atoms with E-state index in [0.717, 1.165) is 16.7 Å². The molecule has 2 aromatic carbocycles. The summed E-state index contributed by atoms with van der Waals surface area (Å²) < 4.78 is 32.5. The number of rotatable bonds is 7. The number of halogens is 2. The first-order valence-corrected chi connectivity index (χ1v) is 13.1. The number of aryl methyl sites for hydroxylation is 2. The molecule has 0 spiro atoms. The number of nitrogens with two attached hydrogens (primary N) is 1. The van der Waals surface area contributed by atoms with Crippen molar-refractivity contribution in [2.45, 2.75) is 13.0 Å². The summed E-state index contributed by atoms with van der Waals surface area (Å²) >= 11 is 0. The van der Waals surface area contributed by atoms with Crippen LogP contribution in [0.5, 0.6) is 0 Å². The highest BCUT2D eigenvalue weighted by Crippen LogP contribution is 2.25. The number of hydrogen-bond acceptors (Lipinski definition) is 7. The zero-order valence-corrected chi connectivity index (χ0v) is 23.5. The maximum atomic E-state index is 14.4. The minimum atomic E-state index is -1.15. The zero-order chi connectivity index (χ0) is 30.8. The average molecular weight is 584 g/mol. The van der Waals surface area contributed by atoms with Gasteiger partial charge in [-0.15, -0.1) is 6.58 Å². The van der Waals surface area contributed by atoms with Crippen LogP contribution < -0.4 is 21.9 Å². The minimum absolute atomic E-state index is 0.0126. The van der Waals surface area contributed by atoms with Gasteiger partial charge >= 0.3 is 0 Å². The third-order valence-electron chi connectivity index (χ3n) is 6.58. The van der Waals surface area contributed by atoms with Crippen molar-refractivity contribution in [1.29, 1.82) is 0 Å². The number of amides is 1. The summed E-state index contributed by atoms with van der Waals surface area (Å²) in [5.74, 6) is 3.56. The summed E-state index contributed by atoms with van der Waals surface area (Å²) in [7, 11) is 3.39. The van der Waals surface area contributed by atoms with Crippen LogP contribution in [0, 0.1) is 23.5 Å².